The fourth-order valence-electron chi connectivity index (χ4n) is 3.81. The van der Waals surface area contributed by atoms with Crippen LogP contribution >= 0.6 is 0 Å². The van der Waals surface area contributed by atoms with E-state index in [1.165, 1.54) is 19.1 Å². The van der Waals surface area contributed by atoms with Gasteiger partial charge in [-0.3, -0.25) is 24.8 Å². The van der Waals surface area contributed by atoms with E-state index in [-0.39, 0.29) is 36.5 Å². The van der Waals surface area contributed by atoms with Crippen molar-refractivity contribution in [1.29, 1.82) is 5.26 Å². The van der Waals surface area contributed by atoms with Gasteiger partial charge in [0.2, 0.25) is 0 Å². The Kier molecular flexibility index (Phi) is 23.9. The third-order valence-electron chi connectivity index (χ3n) is 6.09. The second kappa shape index (κ2) is 24.9. The van der Waals surface area contributed by atoms with Crippen LogP contribution in [0.25, 0.3) is 0 Å². The monoisotopic (exact) mass is 876 g/mol. The summed E-state index contributed by atoms with van der Waals surface area (Å²) in [6.07, 6.45) is 5.41. The molecule has 298 valence electrons. The third-order valence-corrected chi connectivity index (χ3v) is 7.23. The Morgan fingerprint density at radius 3 is 1.25 bits per heavy atom. The Bertz CT molecular complexity index is 1850. The van der Waals surface area contributed by atoms with E-state index in [0.717, 1.165) is 30.2 Å². The molecule has 0 amide bonds. The van der Waals surface area contributed by atoms with Gasteiger partial charge in [-0.25, -0.2) is 16.8 Å². The van der Waals surface area contributed by atoms with Crippen molar-refractivity contribution in [3.8, 4) is 17.6 Å². The molecule has 4 rings (SSSR count). The minimum absolute atomic E-state index is 0. The first-order valence-electron chi connectivity index (χ1n) is 14.6. The standard InChI is InChI=1S/C27H29N5O2.C2H3N.2CHF3O3S.H2O.Zn/c33-26-10-11-27(34)22(17-26)18-31(19-23-7-1-4-12-28-23)15-16-32(20-24-8-2-5-13-29-24)21-25-9-3-6-14-30-25;1-2-3;2*2-1(3,4)8(5,6)7;;/h1-14,17,33-34H,15-16,18-21H2;1H3;2*(H,5,6,7);1H2;/q;;;;;+2/p-2. The first-order valence-corrected chi connectivity index (χ1v) is 17.4. The second-order valence-electron chi connectivity index (χ2n) is 10.2. The average Bonchev–Trinajstić information content (AvgIpc) is 3.06. The van der Waals surface area contributed by atoms with Gasteiger partial charge >= 0.3 is 30.5 Å². The maximum Gasteiger partial charge on any atom is 2.00 e. The summed E-state index contributed by atoms with van der Waals surface area (Å²) < 4.78 is 118. The van der Waals surface area contributed by atoms with Gasteiger partial charge in [0.15, 0.2) is 20.2 Å². The van der Waals surface area contributed by atoms with Crippen molar-refractivity contribution >= 4 is 20.2 Å². The number of hydrogen-bond acceptors (Lipinski definition) is 14. The van der Waals surface area contributed by atoms with Crippen LogP contribution in [-0.2, 0) is 65.9 Å². The van der Waals surface area contributed by atoms with E-state index in [1.807, 2.05) is 67.0 Å². The van der Waals surface area contributed by atoms with E-state index in [4.69, 9.17) is 31.2 Å². The molecule has 0 bridgehead atoms. The van der Waals surface area contributed by atoms with Crippen molar-refractivity contribution in [2.45, 2.75) is 44.1 Å². The topological polar surface area (TPSA) is 255 Å². The van der Waals surface area contributed by atoms with Crippen LogP contribution < -0.4 is 0 Å². The van der Waals surface area contributed by atoms with E-state index in [9.17, 15) is 36.6 Å². The number of pyridine rings is 3. The molecule has 3 heterocycles. The van der Waals surface area contributed by atoms with Gasteiger partial charge in [0.1, 0.15) is 11.5 Å². The summed E-state index contributed by atoms with van der Waals surface area (Å²) in [5.41, 5.74) is -7.67. The van der Waals surface area contributed by atoms with Crippen LogP contribution in [0.1, 0.15) is 29.6 Å². The molecule has 55 heavy (non-hydrogen) atoms. The zero-order valence-corrected chi connectivity index (χ0v) is 33.3. The Hall–Kier alpha value is -4.34. The fraction of sp³-hybridized carbons (Fsp3) is 0.290. The molecule has 0 aliphatic carbocycles. The van der Waals surface area contributed by atoms with Gasteiger partial charge in [0.05, 0.1) is 23.2 Å². The van der Waals surface area contributed by atoms with Crippen LogP contribution in [0, 0.1) is 11.3 Å². The largest absolute Gasteiger partial charge is 2.00 e. The molecule has 0 saturated carbocycles. The summed E-state index contributed by atoms with van der Waals surface area (Å²) in [5, 5.41) is 27.6. The number of aromatic nitrogens is 3. The predicted molar refractivity (Wildman–Crippen MR) is 177 cm³/mol. The number of halogens is 6. The molecule has 1 aromatic carbocycles. The summed E-state index contributed by atoms with van der Waals surface area (Å²) in [7, 11) is -12.2. The predicted octanol–water partition coefficient (Wildman–Crippen LogP) is 3.79. The van der Waals surface area contributed by atoms with E-state index in [0.29, 0.717) is 31.7 Å². The normalized spacial score (nSPS) is 11.2. The minimum Gasteiger partial charge on any atom is -0.741 e. The Morgan fingerprint density at radius 1 is 0.673 bits per heavy atom. The van der Waals surface area contributed by atoms with Gasteiger partial charge in [-0.1, -0.05) is 18.2 Å². The molecule has 0 aliphatic heterocycles. The molecule has 0 saturated heterocycles. The van der Waals surface area contributed by atoms with Gasteiger partial charge in [-0.2, -0.15) is 31.6 Å². The van der Waals surface area contributed by atoms with Crippen molar-refractivity contribution in [2.75, 3.05) is 13.1 Å². The zero-order chi connectivity index (χ0) is 40.3. The fourth-order valence-corrected chi connectivity index (χ4v) is 3.81. The molecule has 0 atom stereocenters. The maximum atomic E-state index is 10.7. The maximum absolute atomic E-state index is 10.7. The van der Waals surface area contributed by atoms with Crippen LogP contribution in [-0.4, -0.2) is 90.5 Å². The van der Waals surface area contributed by atoms with E-state index in [1.54, 1.807) is 18.3 Å². The first kappa shape index (κ1) is 52.8. The number of hydrogen-bond donors (Lipinski definition) is 2. The number of nitriles is 1. The Morgan fingerprint density at radius 2 is 0.982 bits per heavy atom. The number of nitrogens with zero attached hydrogens (tertiary/aromatic N) is 6. The quantitative estimate of drug-likeness (QED) is 0.0715. The summed E-state index contributed by atoms with van der Waals surface area (Å²) >= 11 is 0. The molecule has 0 aliphatic rings. The number of alkyl halides is 6. The van der Waals surface area contributed by atoms with Crippen LogP contribution in [0.2, 0.25) is 0 Å². The Balaban J connectivity index is 0. The van der Waals surface area contributed by atoms with E-state index >= 15 is 0 Å². The van der Waals surface area contributed by atoms with Crippen molar-refractivity contribution < 1.29 is 87.5 Å². The van der Waals surface area contributed by atoms with Crippen molar-refractivity contribution in [3.05, 3.63) is 114 Å². The second-order valence-corrected chi connectivity index (χ2v) is 13.0. The molecular weight excluding hydrogens is 844 g/mol. The van der Waals surface area contributed by atoms with Gasteiger partial charge < -0.3 is 24.8 Å². The molecule has 24 heteroatoms. The summed E-state index contributed by atoms with van der Waals surface area (Å²) in [5.74, 6) is 0.306. The van der Waals surface area contributed by atoms with Crippen molar-refractivity contribution in [1.82, 2.24) is 24.8 Å². The van der Waals surface area contributed by atoms with E-state index < -0.39 is 31.3 Å². The molecule has 0 radical (unpaired) electrons. The summed E-state index contributed by atoms with van der Waals surface area (Å²) in [4.78, 5) is 18.0. The first-order chi connectivity index (χ1) is 24.6. The van der Waals surface area contributed by atoms with Crippen LogP contribution in [0.3, 0.4) is 0 Å². The molecule has 0 spiro atoms. The number of aromatic hydroxyl groups is 2. The van der Waals surface area contributed by atoms with Crippen LogP contribution in [0.5, 0.6) is 11.5 Å². The molecule has 0 unspecified atom stereocenters. The molecular formula is C31H34F6N6O9S2Zn. The van der Waals surface area contributed by atoms with Gasteiger partial charge in [-0.05, 0) is 54.6 Å². The van der Waals surface area contributed by atoms with Crippen LogP contribution in [0.4, 0.5) is 26.3 Å². The Labute approximate surface area is 325 Å². The van der Waals surface area contributed by atoms with Gasteiger partial charge in [0, 0.05) is 70.3 Å². The molecule has 4 N–H and O–H groups in total. The van der Waals surface area contributed by atoms with Crippen molar-refractivity contribution in [2.24, 2.45) is 0 Å². The zero-order valence-electron chi connectivity index (χ0n) is 28.7. The molecule has 15 nitrogen and oxygen atoms in total. The van der Waals surface area contributed by atoms with Crippen LogP contribution in [0.15, 0.2) is 91.4 Å². The SMILES string of the molecule is CC#N.O.O=S(=O)([O-])C(F)(F)F.O=S(=O)([O-])C(F)(F)F.Oc1ccc(O)c(CN(CCN(Cc2ccccn2)Cc2ccccn2)Cc2ccccn2)c1.[Zn+2]. The molecule has 0 fully saturated rings. The molecule has 4 aromatic rings. The third kappa shape index (κ3) is 22.0. The minimum atomic E-state index is -6.09. The average molecular weight is 878 g/mol. The smallest absolute Gasteiger partial charge is 0.741 e. The number of rotatable bonds is 11. The number of benzene rings is 1. The van der Waals surface area contributed by atoms with E-state index in [2.05, 4.69) is 24.8 Å². The number of phenols is 2. The number of phenolic OH excluding ortho intramolecular Hbond substituents is 2. The van der Waals surface area contributed by atoms with Crippen molar-refractivity contribution in [3.63, 3.8) is 0 Å². The summed E-state index contributed by atoms with van der Waals surface area (Å²) in [6.45, 7) is 5.43. The molecule has 3 aromatic heterocycles. The van der Waals surface area contributed by atoms with Gasteiger partial charge in [-0.15, -0.1) is 0 Å². The summed E-state index contributed by atoms with van der Waals surface area (Å²) in [6, 6.07) is 24.1. The van der Waals surface area contributed by atoms with Gasteiger partial charge in [0.25, 0.3) is 0 Å².